The minimum Gasteiger partial charge on any atom is -0.476 e. The molecule has 0 aromatic carbocycles. The Hall–Kier alpha value is -2.02. The Kier molecular flexibility index (Phi) is 4.06. The van der Waals surface area contributed by atoms with Gasteiger partial charge in [-0.3, -0.25) is 4.79 Å². The van der Waals surface area contributed by atoms with Crippen molar-refractivity contribution in [2.24, 2.45) is 0 Å². The number of carbonyl (C=O) groups excluding carboxylic acids is 1. The molecule has 0 radical (unpaired) electrons. The summed E-state index contributed by atoms with van der Waals surface area (Å²) in [4.78, 5) is 16.7. The molecule has 1 fully saturated rings. The third-order valence-corrected chi connectivity index (χ3v) is 3.06. The van der Waals surface area contributed by atoms with E-state index in [1.165, 1.54) is 0 Å². The lowest BCUT2D eigenvalue weighted by Crippen LogP contribution is -2.46. The molecule has 7 heteroatoms. The molecule has 0 aliphatic carbocycles. The summed E-state index contributed by atoms with van der Waals surface area (Å²) in [6.07, 6.45) is 0.0669. The van der Waals surface area contributed by atoms with Gasteiger partial charge in [0.05, 0.1) is 18.4 Å². The van der Waals surface area contributed by atoms with E-state index in [0.717, 1.165) is 0 Å². The predicted molar refractivity (Wildman–Crippen MR) is 70.8 cm³/mol. The van der Waals surface area contributed by atoms with E-state index in [0.29, 0.717) is 43.4 Å². The van der Waals surface area contributed by atoms with Gasteiger partial charge in [0, 0.05) is 6.54 Å². The Morgan fingerprint density at radius 1 is 1.68 bits per heavy atom. The van der Waals surface area contributed by atoms with E-state index in [4.69, 9.17) is 10.5 Å². The summed E-state index contributed by atoms with van der Waals surface area (Å²) in [7, 11) is 0. The van der Waals surface area contributed by atoms with Gasteiger partial charge in [-0.25, -0.2) is 0 Å². The first-order valence-electron chi connectivity index (χ1n) is 6.21. The van der Waals surface area contributed by atoms with Gasteiger partial charge >= 0.3 is 0 Å². The molecular formula is C12H18N4O3. The van der Waals surface area contributed by atoms with E-state index < -0.39 is 12.3 Å². The number of aliphatic hydroxyl groups excluding tert-OH is 1. The number of carbonyl (C=O) groups is 1. The topological polar surface area (TPSA) is 101 Å². The van der Waals surface area contributed by atoms with Crippen molar-refractivity contribution in [1.29, 1.82) is 0 Å². The molecule has 1 amide bonds. The van der Waals surface area contributed by atoms with Gasteiger partial charge in [0.15, 0.2) is 0 Å². The number of aliphatic hydroxyl groups is 1. The van der Waals surface area contributed by atoms with Crippen molar-refractivity contribution in [1.82, 2.24) is 10.3 Å². The molecule has 7 nitrogen and oxygen atoms in total. The number of rotatable bonds is 5. The summed E-state index contributed by atoms with van der Waals surface area (Å²) in [5, 5.41) is 12.4. The van der Waals surface area contributed by atoms with Crippen LogP contribution in [0.1, 0.15) is 13.3 Å². The Labute approximate surface area is 111 Å². The minimum atomic E-state index is -0.611. The number of hydrogen-bond acceptors (Lipinski definition) is 6. The van der Waals surface area contributed by atoms with Crippen molar-refractivity contribution >= 4 is 17.9 Å². The molecule has 1 aromatic heterocycles. The second-order valence-electron chi connectivity index (χ2n) is 4.28. The lowest BCUT2D eigenvalue weighted by Gasteiger charge is -2.26. The van der Waals surface area contributed by atoms with Crippen molar-refractivity contribution in [3.63, 3.8) is 0 Å². The van der Waals surface area contributed by atoms with E-state index in [9.17, 15) is 9.90 Å². The van der Waals surface area contributed by atoms with Crippen LogP contribution in [0.4, 0.5) is 11.5 Å². The van der Waals surface area contributed by atoms with Gasteiger partial charge in [0.1, 0.15) is 12.0 Å². The SMILES string of the molecule is CCOc1nc(N2CCC(O)C2NC=O)ccc1N. The lowest BCUT2D eigenvalue weighted by atomic mass is 10.3. The van der Waals surface area contributed by atoms with Crippen molar-refractivity contribution in [3.8, 4) is 5.88 Å². The number of anilines is 2. The van der Waals surface area contributed by atoms with Crippen LogP contribution in [0, 0.1) is 0 Å². The first kappa shape index (κ1) is 13.4. The highest BCUT2D eigenvalue weighted by atomic mass is 16.5. The zero-order valence-electron chi connectivity index (χ0n) is 10.7. The number of pyridine rings is 1. The molecule has 2 rings (SSSR count). The maximum Gasteiger partial charge on any atom is 0.239 e. The Morgan fingerprint density at radius 3 is 3.16 bits per heavy atom. The van der Waals surface area contributed by atoms with E-state index in [1.54, 1.807) is 12.1 Å². The standard InChI is InChI=1S/C12H18N4O3/c1-2-19-12-8(13)3-4-10(15-12)16-6-5-9(18)11(16)14-7-17/h3-4,7,9,11,18H,2,5-6,13H2,1H3,(H,14,17). The molecule has 2 atom stereocenters. The fraction of sp³-hybridized carbons (Fsp3) is 0.500. The average molecular weight is 266 g/mol. The highest BCUT2D eigenvalue weighted by Crippen LogP contribution is 2.27. The molecule has 4 N–H and O–H groups in total. The lowest BCUT2D eigenvalue weighted by molar-refractivity contribution is -0.110. The first-order chi connectivity index (χ1) is 9.17. The number of nitrogen functional groups attached to an aromatic ring is 1. The quantitative estimate of drug-likeness (QED) is 0.633. The molecule has 1 saturated heterocycles. The van der Waals surface area contributed by atoms with Crippen LogP contribution < -0.4 is 20.7 Å². The molecule has 2 unspecified atom stereocenters. The molecule has 0 saturated carbocycles. The second kappa shape index (κ2) is 5.75. The molecule has 1 aliphatic rings. The summed E-state index contributed by atoms with van der Waals surface area (Å²) in [6.45, 7) is 2.93. The Balaban J connectivity index is 2.25. The zero-order valence-corrected chi connectivity index (χ0v) is 10.7. The van der Waals surface area contributed by atoms with Gasteiger partial charge in [-0.05, 0) is 25.5 Å². The molecule has 1 aromatic rings. The smallest absolute Gasteiger partial charge is 0.239 e. The average Bonchev–Trinajstić information content (AvgIpc) is 2.75. The Morgan fingerprint density at radius 2 is 2.47 bits per heavy atom. The van der Waals surface area contributed by atoms with Crippen molar-refractivity contribution in [3.05, 3.63) is 12.1 Å². The fourth-order valence-corrected chi connectivity index (χ4v) is 2.16. The predicted octanol–water partition coefficient (Wildman–Crippen LogP) is -0.294. The summed E-state index contributed by atoms with van der Waals surface area (Å²) >= 11 is 0. The highest BCUT2D eigenvalue weighted by Gasteiger charge is 2.33. The number of nitrogens with two attached hydrogens (primary N) is 1. The van der Waals surface area contributed by atoms with E-state index in [2.05, 4.69) is 10.3 Å². The van der Waals surface area contributed by atoms with Gasteiger partial charge in [0.25, 0.3) is 0 Å². The maximum atomic E-state index is 10.6. The minimum absolute atomic E-state index is 0.367. The van der Waals surface area contributed by atoms with Gasteiger partial charge in [-0.15, -0.1) is 0 Å². The third kappa shape index (κ3) is 2.70. The van der Waals surface area contributed by atoms with E-state index >= 15 is 0 Å². The number of amides is 1. The summed E-state index contributed by atoms with van der Waals surface area (Å²) < 4.78 is 5.34. The molecule has 0 spiro atoms. The number of nitrogens with one attached hydrogen (secondary N) is 1. The molecule has 1 aliphatic heterocycles. The number of ether oxygens (including phenoxy) is 1. The maximum absolute atomic E-state index is 10.6. The summed E-state index contributed by atoms with van der Waals surface area (Å²) in [5.41, 5.74) is 6.23. The van der Waals surface area contributed by atoms with Crippen LogP contribution in [0.15, 0.2) is 12.1 Å². The normalized spacial score (nSPS) is 22.3. The van der Waals surface area contributed by atoms with Crippen LogP contribution in [-0.2, 0) is 4.79 Å². The number of nitrogens with zero attached hydrogens (tertiary/aromatic N) is 2. The van der Waals surface area contributed by atoms with Crippen LogP contribution in [0.3, 0.4) is 0 Å². The molecular weight excluding hydrogens is 248 g/mol. The molecule has 2 heterocycles. The van der Waals surface area contributed by atoms with Crippen LogP contribution >= 0.6 is 0 Å². The van der Waals surface area contributed by atoms with Gasteiger partial charge in [0.2, 0.25) is 12.3 Å². The highest BCUT2D eigenvalue weighted by molar-refractivity contribution is 5.56. The van der Waals surface area contributed by atoms with Crippen LogP contribution in [0.5, 0.6) is 5.88 Å². The molecule has 0 bridgehead atoms. The largest absolute Gasteiger partial charge is 0.476 e. The first-order valence-corrected chi connectivity index (χ1v) is 6.21. The van der Waals surface area contributed by atoms with E-state index in [-0.39, 0.29) is 0 Å². The fourth-order valence-electron chi connectivity index (χ4n) is 2.16. The number of hydrogen-bond donors (Lipinski definition) is 3. The molecule has 19 heavy (non-hydrogen) atoms. The monoisotopic (exact) mass is 266 g/mol. The van der Waals surface area contributed by atoms with E-state index in [1.807, 2.05) is 11.8 Å². The summed E-state index contributed by atoms with van der Waals surface area (Å²) in [5.74, 6) is 0.986. The van der Waals surface area contributed by atoms with Gasteiger partial charge in [-0.2, -0.15) is 4.98 Å². The van der Waals surface area contributed by atoms with Crippen molar-refractivity contribution < 1.29 is 14.6 Å². The van der Waals surface area contributed by atoms with Crippen LogP contribution in [0.25, 0.3) is 0 Å². The van der Waals surface area contributed by atoms with Crippen LogP contribution in [-0.4, -0.2) is 41.9 Å². The number of aromatic nitrogens is 1. The third-order valence-electron chi connectivity index (χ3n) is 3.06. The van der Waals surface area contributed by atoms with Gasteiger partial charge < -0.3 is 25.8 Å². The molecule has 104 valence electrons. The van der Waals surface area contributed by atoms with Gasteiger partial charge in [-0.1, -0.05) is 0 Å². The Bertz CT molecular complexity index is 455. The second-order valence-corrected chi connectivity index (χ2v) is 4.28. The summed E-state index contributed by atoms with van der Waals surface area (Å²) in [6, 6.07) is 3.45. The zero-order chi connectivity index (χ0) is 13.8. The van der Waals surface area contributed by atoms with Crippen molar-refractivity contribution in [2.75, 3.05) is 23.8 Å². The van der Waals surface area contributed by atoms with Crippen molar-refractivity contribution in [2.45, 2.75) is 25.6 Å². The van der Waals surface area contributed by atoms with Crippen LogP contribution in [0.2, 0.25) is 0 Å².